The van der Waals surface area contributed by atoms with Crippen molar-refractivity contribution in [3.63, 3.8) is 0 Å². The fourth-order valence-corrected chi connectivity index (χ4v) is 4.95. The van der Waals surface area contributed by atoms with Gasteiger partial charge in [0, 0.05) is 36.4 Å². The highest BCUT2D eigenvalue weighted by Crippen LogP contribution is 2.34. The number of carbonyl (C=O) groups excluding carboxylic acids is 1. The molecule has 1 saturated carbocycles. The number of benzene rings is 2. The van der Waals surface area contributed by atoms with E-state index in [-0.39, 0.29) is 12.1 Å². The summed E-state index contributed by atoms with van der Waals surface area (Å²) in [6.45, 7) is 0.803. The van der Waals surface area contributed by atoms with Gasteiger partial charge in [0.2, 0.25) is 5.91 Å². The molecule has 0 bridgehead atoms. The van der Waals surface area contributed by atoms with Crippen molar-refractivity contribution in [2.75, 3.05) is 11.4 Å². The highest BCUT2D eigenvalue weighted by atomic mass is 16.2. The quantitative estimate of drug-likeness (QED) is 0.887. The van der Waals surface area contributed by atoms with Crippen molar-refractivity contribution in [1.29, 1.82) is 0 Å². The van der Waals surface area contributed by atoms with Gasteiger partial charge in [-0.15, -0.1) is 0 Å². The molecule has 0 spiro atoms. The molecule has 2 N–H and O–H groups in total. The van der Waals surface area contributed by atoms with Crippen LogP contribution in [-0.2, 0) is 4.79 Å². The van der Waals surface area contributed by atoms with Gasteiger partial charge in [0.1, 0.15) is 0 Å². The molecule has 4 heteroatoms. The van der Waals surface area contributed by atoms with Gasteiger partial charge in [0.25, 0.3) is 0 Å². The molecule has 3 fully saturated rings. The van der Waals surface area contributed by atoms with Crippen LogP contribution in [0.25, 0.3) is 10.8 Å². The van der Waals surface area contributed by atoms with Crippen molar-refractivity contribution < 1.29 is 4.79 Å². The Morgan fingerprint density at radius 1 is 0.920 bits per heavy atom. The van der Waals surface area contributed by atoms with Crippen molar-refractivity contribution >= 4 is 22.4 Å². The van der Waals surface area contributed by atoms with Crippen LogP contribution >= 0.6 is 0 Å². The van der Waals surface area contributed by atoms with E-state index in [9.17, 15) is 4.79 Å². The monoisotopic (exact) mass is 335 g/mol. The van der Waals surface area contributed by atoms with Gasteiger partial charge in [-0.2, -0.15) is 0 Å². The van der Waals surface area contributed by atoms with E-state index in [2.05, 4.69) is 53.1 Å². The average Bonchev–Trinajstić information content (AvgIpc) is 3.24. The summed E-state index contributed by atoms with van der Waals surface area (Å²) in [7, 11) is 0. The van der Waals surface area contributed by atoms with E-state index in [1.54, 1.807) is 0 Å². The zero-order valence-corrected chi connectivity index (χ0v) is 14.4. The summed E-state index contributed by atoms with van der Waals surface area (Å²) in [5, 5.41) is 9.91. The molecule has 0 aromatic heterocycles. The maximum atomic E-state index is 12.8. The van der Waals surface area contributed by atoms with E-state index in [1.807, 2.05) is 4.90 Å². The lowest BCUT2D eigenvalue weighted by atomic mass is 9.92. The second-order valence-corrected chi connectivity index (χ2v) is 7.78. The lowest BCUT2D eigenvalue weighted by Gasteiger charge is -2.23. The Bertz CT molecular complexity index is 785. The van der Waals surface area contributed by atoms with Crippen LogP contribution in [-0.4, -0.2) is 30.7 Å². The van der Waals surface area contributed by atoms with Crippen LogP contribution in [0.4, 0.5) is 5.69 Å². The topological polar surface area (TPSA) is 44.4 Å². The Balaban J connectivity index is 1.39. The second-order valence-electron chi connectivity index (χ2n) is 7.78. The van der Waals surface area contributed by atoms with E-state index in [4.69, 9.17) is 0 Å². The van der Waals surface area contributed by atoms with Crippen molar-refractivity contribution in [1.82, 2.24) is 10.6 Å². The number of hydrogen-bond acceptors (Lipinski definition) is 3. The van der Waals surface area contributed by atoms with E-state index in [0.29, 0.717) is 24.4 Å². The molecule has 2 aliphatic heterocycles. The van der Waals surface area contributed by atoms with Crippen molar-refractivity contribution in [3.8, 4) is 0 Å². The molecule has 0 radical (unpaired) electrons. The first-order chi connectivity index (χ1) is 12.3. The predicted molar refractivity (Wildman–Crippen MR) is 101 cm³/mol. The molecule has 2 saturated heterocycles. The molecule has 1 amide bonds. The molecule has 1 aliphatic carbocycles. The van der Waals surface area contributed by atoms with Gasteiger partial charge >= 0.3 is 0 Å². The average molecular weight is 335 g/mol. The van der Waals surface area contributed by atoms with E-state index < -0.39 is 0 Å². The molecule has 4 nitrogen and oxygen atoms in total. The Morgan fingerprint density at radius 3 is 2.44 bits per heavy atom. The van der Waals surface area contributed by atoms with Gasteiger partial charge in [-0.1, -0.05) is 49.2 Å². The SMILES string of the molecule is O=C1CC(C2NC3CCCCC3N2)CN1c1cccc2ccccc12. The predicted octanol–water partition coefficient (Wildman–Crippen LogP) is 3.02. The molecule has 3 unspecified atom stereocenters. The van der Waals surface area contributed by atoms with Gasteiger partial charge < -0.3 is 4.90 Å². The normalized spacial score (nSPS) is 32.3. The van der Waals surface area contributed by atoms with E-state index in [0.717, 1.165) is 12.2 Å². The summed E-state index contributed by atoms with van der Waals surface area (Å²) in [6.07, 6.45) is 6.09. The molecule has 25 heavy (non-hydrogen) atoms. The molecule has 5 rings (SSSR count). The number of carbonyl (C=O) groups is 1. The maximum Gasteiger partial charge on any atom is 0.227 e. The lowest BCUT2D eigenvalue weighted by Crippen LogP contribution is -2.41. The first-order valence-electron chi connectivity index (χ1n) is 9.60. The van der Waals surface area contributed by atoms with Crippen LogP contribution in [0.3, 0.4) is 0 Å². The minimum Gasteiger partial charge on any atom is -0.311 e. The smallest absolute Gasteiger partial charge is 0.227 e. The minimum absolute atomic E-state index is 0.250. The van der Waals surface area contributed by atoms with Gasteiger partial charge in [0.05, 0.1) is 11.9 Å². The zero-order chi connectivity index (χ0) is 16.8. The van der Waals surface area contributed by atoms with Gasteiger partial charge in [0.15, 0.2) is 0 Å². The number of fused-ring (bicyclic) bond motifs is 2. The Kier molecular flexibility index (Phi) is 3.75. The summed E-state index contributed by atoms with van der Waals surface area (Å²) in [5.74, 6) is 0.594. The third-order valence-electron chi connectivity index (χ3n) is 6.24. The highest BCUT2D eigenvalue weighted by Gasteiger charge is 2.42. The first kappa shape index (κ1) is 15.4. The summed E-state index contributed by atoms with van der Waals surface area (Å²) in [5.41, 5.74) is 1.06. The second kappa shape index (κ2) is 6.11. The molecular weight excluding hydrogens is 310 g/mol. The largest absolute Gasteiger partial charge is 0.311 e. The third-order valence-corrected chi connectivity index (χ3v) is 6.24. The lowest BCUT2D eigenvalue weighted by molar-refractivity contribution is -0.117. The molecule has 2 heterocycles. The molecule has 130 valence electrons. The standard InChI is InChI=1S/C21H25N3O/c25-20-12-15(21-22-17-9-3-4-10-18(17)23-21)13-24(20)19-11-5-7-14-6-1-2-8-16(14)19/h1-2,5-8,11,15,17-18,21-23H,3-4,9-10,12-13H2. The first-order valence-corrected chi connectivity index (χ1v) is 9.60. The maximum absolute atomic E-state index is 12.8. The summed E-state index contributed by atoms with van der Waals surface area (Å²) < 4.78 is 0. The van der Waals surface area contributed by atoms with Crippen LogP contribution in [0.2, 0.25) is 0 Å². The minimum atomic E-state index is 0.250. The van der Waals surface area contributed by atoms with Gasteiger partial charge in [-0.05, 0) is 24.3 Å². The van der Waals surface area contributed by atoms with Crippen LogP contribution in [0, 0.1) is 5.92 Å². The summed E-state index contributed by atoms with van der Waals surface area (Å²) in [6, 6.07) is 15.8. The van der Waals surface area contributed by atoms with Crippen molar-refractivity contribution in [2.24, 2.45) is 5.92 Å². The van der Waals surface area contributed by atoms with Crippen LogP contribution in [0.15, 0.2) is 42.5 Å². The molecule has 2 aromatic rings. The highest BCUT2D eigenvalue weighted by molar-refractivity contribution is 6.05. The van der Waals surface area contributed by atoms with Crippen LogP contribution < -0.4 is 15.5 Å². The van der Waals surface area contributed by atoms with Gasteiger partial charge in [-0.3, -0.25) is 15.4 Å². The number of rotatable bonds is 2. The molecule has 3 aliphatic rings. The Morgan fingerprint density at radius 2 is 1.64 bits per heavy atom. The number of anilines is 1. The fraction of sp³-hybridized carbons (Fsp3) is 0.476. The number of nitrogens with zero attached hydrogens (tertiary/aromatic N) is 1. The zero-order valence-electron chi connectivity index (χ0n) is 14.4. The number of amides is 1. The number of hydrogen-bond donors (Lipinski definition) is 2. The molecular formula is C21H25N3O. The van der Waals surface area contributed by atoms with Crippen molar-refractivity contribution in [2.45, 2.75) is 50.4 Å². The summed E-state index contributed by atoms with van der Waals surface area (Å²) in [4.78, 5) is 14.8. The Hall–Kier alpha value is -1.91. The third kappa shape index (κ3) is 2.64. The number of nitrogens with one attached hydrogen (secondary N) is 2. The molecule has 3 atom stereocenters. The Labute approximate surface area is 148 Å². The van der Waals surface area contributed by atoms with E-state index in [1.165, 1.54) is 36.5 Å². The van der Waals surface area contributed by atoms with E-state index >= 15 is 0 Å². The fourth-order valence-electron chi connectivity index (χ4n) is 4.95. The van der Waals surface area contributed by atoms with Crippen LogP contribution in [0.5, 0.6) is 0 Å². The van der Waals surface area contributed by atoms with Crippen molar-refractivity contribution in [3.05, 3.63) is 42.5 Å². The summed E-state index contributed by atoms with van der Waals surface area (Å²) >= 11 is 0. The molecule has 2 aromatic carbocycles. The van der Waals surface area contributed by atoms with Crippen LogP contribution in [0.1, 0.15) is 32.1 Å². The van der Waals surface area contributed by atoms with Gasteiger partial charge in [-0.25, -0.2) is 0 Å².